The Labute approximate surface area is 200 Å². The molecular weight excluding hydrogens is 428 g/mol. The highest BCUT2D eigenvalue weighted by molar-refractivity contribution is 7.75. The summed E-state index contributed by atoms with van der Waals surface area (Å²) in [5.41, 5.74) is 5.35. The van der Waals surface area contributed by atoms with E-state index in [-0.39, 0.29) is 16.6 Å². The van der Waals surface area contributed by atoms with Gasteiger partial charge in [0.1, 0.15) is 0 Å². The van der Waals surface area contributed by atoms with E-state index >= 15 is 0 Å². The fourth-order valence-corrected chi connectivity index (χ4v) is 8.36. The van der Waals surface area contributed by atoms with Gasteiger partial charge in [-0.1, -0.05) is 36.4 Å². The van der Waals surface area contributed by atoms with Crippen molar-refractivity contribution in [1.82, 2.24) is 4.98 Å². The standard InChI is InChI=1S/C28H30N2O2S/c1-26-10-8-22-15-21-4-5-23(30-32-33)16-27(21)11-12-28(22,31-27)25(26)7-6-24(26)19-3-2-18-9-13-29-17-20(18)14-19/h2-3,8-9,13-15,17,24-25,33H,4-7,10-12,16H2,1H3/t24?,25-,26?,27-,28-/m1/s1. The summed E-state index contributed by atoms with van der Waals surface area (Å²) >= 11 is 3.86. The van der Waals surface area contributed by atoms with Gasteiger partial charge in [0, 0.05) is 24.2 Å². The van der Waals surface area contributed by atoms with Gasteiger partial charge in [-0.3, -0.25) is 4.98 Å². The zero-order valence-electron chi connectivity index (χ0n) is 19.1. The molecule has 2 bridgehead atoms. The molecule has 2 spiro atoms. The van der Waals surface area contributed by atoms with E-state index in [1.54, 1.807) is 0 Å². The number of fused-ring (bicyclic) bond motifs is 2. The Balaban J connectivity index is 1.28. The van der Waals surface area contributed by atoms with Gasteiger partial charge < -0.3 is 9.02 Å². The summed E-state index contributed by atoms with van der Waals surface area (Å²) in [5, 5.41) is 6.71. The molecule has 7 rings (SSSR count). The van der Waals surface area contributed by atoms with E-state index in [1.807, 2.05) is 12.4 Å². The average molecular weight is 459 g/mol. The maximum atomic E-state index is 7.28. The predicted molar refractivity (Wildman–Crippen MR) is 133 cm³/mol. The number of oxime groups is 1. The van der Waals surface area contributed by atoms with E-state index in [4.69, 9.17) is 9.02 Å². The highest BCUT2D eigenvalue weighted by atomic mass is 32.1. The second kappa shape index (κ2) is 6.96. The van der Waals surface area contributed by atoms with Crippen molar-refractivity contribution in [3.63, 3.8) is 0 Å². The molecule has 1 saturated heterocycles. The van der Waals surface area contributed by atoms with Crippen molar-refractivity contribution in [3.05, 3.63) is 65.5 Å². The fraction of sp³-hybridized carbons (Fsp3) is 0.500. The minimum Gasteiger partial charge on any atom is -0.359 e. The number of hydrogen-bond donors (Lipinski definition) is 1. The molecule has 170 valence electrons. The molecule has 1 aromatic heterocycles. The zero-order chi connectivity index (χ0) is 22.3. The summed E-state index contributed by atoms with van der Waals surface area (Å²) in [5.74, 6) is 1.09. The molecule has 2 aliphatic heterocycles. The lowest BCUT2D eigenvalue weighted by molar-refractivity contribution is -0.126. The third-order valence-electron chi connectivity index (χ3n) is 9.75. The predicted octanol–water partition coefficient (Wildman–Crippen LogP) is 6.69. The molecule has 5 heteroatoms. The number of rotatable bonds is 2. The molecule has 5 aliphatic rings. The molecule has 2 saturated carbocycles. The van der Waals surface area contributed by atoms with Crippen LogP contribution in [0.25, 0.3) is 10.8 Å². The first-order chi connectivity index (χ1) is 16.1. The van der Waals surface area contributed by atoms with E-state index in [2.05, 4.69) is 66.4 Å². The van der Waals surface area contributed by atoms with Crippen molar-refractivity contribution in [2.45, 2.75) is 75.4 Å². The number of benzene rings is 1. The first kappa shape index (κ1) is 20.3. The second-order valence-corrected chi connectivity index (χ2v) is 11.3. The van der Waals surface area contributed by atoms with Gasteiger partial charge in [-0.05, 0) is 96.4 Å². The topological polar surface area (TPSA) is 43.7 Å². The van der Waals surface area contributed by atoms with Crippen LogP contribution in [-0.4, -0.2) is 21.9 Å². The van der Waals surface area contributed by atoms with E-state index in [0.717, 1.165) is 44.2 Å². The van der Waals surface area contributed by atoms with Crippen LogP contribution in [0.5, 0.6) is 0 Å². The van der Waals surface area contributed by atoms with Crippen LogP contribution in [0.15, 0.2) is 65.1 Å². The largest absolute Gasteiger partial charge is 0.359 e. The summed E-state index contributed by atoms with van der Waals surface area (Å²) in [4.78, 5) is 4.36. The average Bonchev–Trinajstić information content (AvgIpc) is 3.34. The molecule has 2 unspecified atom stereocenters. The summed E-state index contributed by atoms with van der Waals surface area (Å²) in [6.45, 7) is 2.53. The van der Waals surface area contributed by atoms with Crippen molar-refractivity contribution in [2.24, 2.45) is 16.5 Å². The van der Waals surface area contributed by atoms with Gasteiger partial charge in [0.05, 0.1) is 29.8 Å². The lowest BCUT2D eigenvalue weighted by Crippen LogP contribution is -2.53. The Morgan fingerprint density at radius 1 is 1.15 bits per heavy atom. The monoisotopic (exact) mass is 458 g/mol. The first-order valence-electron chi connectivity index (χ1n) is 12.4. The quantitative estimate of drug-likeness (QED) is 0.310. The SMILES string of the molecule is CC12CC=C3C=C4CCC(=NOS)C[C@]45CC[C@]3(O5)[C@@H]1CCC2c1ccc2ccncc2c1. The third-order valence-corrected chi connectivity index (χ3v) is 9.83. The fourth-order valence-electron chi connectivity index (χ4n) is 8.24. The molecule has 2 aromatic rings. The number of allylic oxidation sites excluding steroid dienone is 1. The summed E-state index contributed by atoms with van der Waals surface area (Å²) in [6, 6.07) is 9.11. The molecule has 3 fully saturated rings. The van der Waals surface area contributed by atoms with Gasteiger partial charge in [0.25, 0.3) is 0 Å². The van der Waals surface area contributed by atoms with Crippen LogP contribution in [0, 0.1) is 11.3 Å². The van der Waals surface area contributed by atoms with Gasteiger partial charge in [-0.15, -0.1) is 0 Å². The van der Waals surface area contributed by atoms with E-state index in [0.29, 0.717) is 11.8 Å². The number of nitrogens with zero attached hydrogens (tertiary/aromatic N) is 2. The molecule has 3 aliphatic carbocycles. The van der Waals surface area contributed by atoms with Crippen LogP contribution in [0.4, 0.5) is 0 Å². The molecule has 33 heavy (non-hydrogen) atoms. The zero-order valence-corrected chi connectivity index (χ0v) is 20.0. The normalized spacial score (nSPS) is 40.1. The minimum absolute atomic E-state index is 0.145. The lowest BCUT2D eigenvalue weighted by atomic mass is 9.58. The summed E-state index contributed by atoms with van der Waals surface area (Å²) in [7, 11) is 0. The molecule has 3 heterocycles. The van der Waals surface area contributed by atoms with Gasteiger partial charge in [0.2, 0.25) is 0 Å². The second-order valence-electron chi connectivity index (χ2n) is 11.1. The van der Waals surface area contributed by atoms with E-state index < -0.39 is 0 Å². The molecule has 0 radical (unpaired) electrons. The maximum absolute atomic E-state index is 7.28. The Hall–Kier alpha value is -2.11. The van der Waals surface area contributed by atoms with Crippen LogP contribution in [0.2, 0.25) is 0 Å². The minimum atomic E-state index is -0.189. The maximum Gasteiger partial charge on any atom is 0.0975 e. The number of hydrogen-bond acceptors (Lipinski definition) is 5. The van der Waals surface area contributed by atoms with Crippen LogP contribution in [0.3, 0.4) is 0 Å². The van der Waals surface area contributed by atoms with Gasteiger partial charge in [0.15, 0.2) is 0 Å². The molecular formula is C28H30N2O2S. The number of aromatic nitrogens is 1. The van der Waals surface area contributed by atoms with Crippen LogP contribution in [0.1, 0.15) is 69.8 Å². The van der Waals surface area contributed by atoms with Crippen LogP contribution in [-0.2, 0) is 9.02 Å². The smallest absolute Gasteiger partial charge is 0.0975 e. The van der Waals surface area contributed by atoms with Gasteiger partial charge in [-0.2, -0.15) is 0 Å². The third kappa shape index (κ3) is 2.69. The van der Waals surface area contributed by atoms with Crippen molar-refractivity contribution in [2.75, 3.05) is 0 Å². The van der Waals surface area contributed by atoms with E-state index in [9.17, 15) is 0 Å². The Bertz CT molecular complexity index is 1250. The molecule has 0 N–H and O–H groups in total. The molecule has 0 amide bonds. The van der Waals surface area contributed by atoms with Crippen molar-refractivity contribution in [3.8, 4) is 0 Å². The molecule has 5 atom stereocenters. The summed E-state index contributed by atoms with van der Waals surface area (Å²) in [6.07, 6.45) is 17.5. The Kier molecular flexibility index (Phi) is 4.27. The number of ether oxygens (including phenoxy) is 1. The first-order valence-corrected chi connectivity index (χ1v) is 12.7. The number of pyridine rings is 1. The van der Waals surface area contributed by atoms with Crippen LogP contribution < -0.4 is 0 Å². The highest BCUT2D eigenvalue weighted by Gasteiger charge is 2.66. The molecule has 4 nitrogen and oxygen atoms in total. The number of thiol groups is 1. The Morgan fingerprint density at radius 3 is 3.00 bits per heavy atom. The Morgan fingerprint density at radius 2 is 2.09 bits per heavy atom. The lowest BCUT2D eigenvalue weighted by Gasteiger charge is -2.54. The highest BCUT2D eigenvalue weighted by Crippen LogP contribution is 2.69. The van der Waals surface area contributed by atoms with E-state index in [1.165, 1.54) is 40.3 Å². The van der Waals surface area contributed by atoms with Gasteiger partial charge in [-0.25, -0.2) is 0 Å². The van der Waals surface area contributed by atoms with Crippen molar-refractivity contribution >= 4 is 29.4 Å². The van der Waals surface area contributed by atoms with Crippen molar-refractivity contribution in [1.29, 1.82) is 0 Å². The van der Waals surface area contributed by atoms with Gasteiger partial charge >= 0.3 is 0 Å². The van der Waals surface area contributed by atoms with Crippen LogP contribution >= 0.6 is 12.9 Å². The van der Waals surface area contributed by atoms with Crippen molar-refractivity contribution < 1.29 is 9.02 Å². The summed E-state index contributed by atoms with van der Waals surface area (Å²) < 4.78 is 12.1. The molecule has 1 aromatic carbocycles.